The third-order valence-corrected chi connectivity index (χ3v) is 7.08. The number of primary amides is 1. The second-order valence-electron chi connectivity index (χ2n) is 9.65. The van der Waals surface area contributed by atoms with Crippen molar-refractivity contribution >= 4 is 33.8 Å². The maximum absolute atomic E-state index is 12.7. The van der Waals surface area contributed by atoms with Gasteiger partial charge in [0, 0.05) is 26.2 Å². The molecule has 2 fully saturated rings. The van der Waals surface area contributed by atoms with Crippen LogP contribution in [0, 0.1) is 30.6 Å². The van der Waals surface area contributed by atoms with Crippen LogP contribution in [0.25, 0.3) is 27.8 Å². The van der Waals surface area contributed by atoms with Gasteiger partial charge in [-0.05, 0) is 30.4 Å². The Labute approximate surface area is 224 Å². The van der Waals surface area contributed by atoms with Gasteiger partial charge in [0.05, 0.1) is 45.0 Å². The predicted octanol–water partition coefficient (Wildman–Crippen LogP) is 0.844. The number of nitrogens with zero attached hydrogens (tertiary/aromatic N) is 5. The third-order valence-electron chi connectivity index (χ3n) is 7.08. The van der Waals surface area contributed by atoms with E-state index in [0.29, 0.717) is 78.7 Å². The van der Waals surface area contributed by atoms with Crippen molar-refractivity contribution in [3.05, 3.63) is 34.6 Å². The second kappa shape index (κ2) is 10.6. The van der Waals surface area contributed by atoms with Gasteiger partial charge in [-0.25, -0.2) is 9.97 Å². The molecule has 2 aliphatic rings. The van der Waals surface area contributed by atoms with Crippen molar-refractivity contribution in [3.63, 3.8) is 0 Å². The Balaban J connectivity index is 1.51. The van der Waals surface area contributed by atoms with Crippen LogP contribution in [0.5, 0.6) is 5.75 Å². The molecule has 11 nitrogen and oxygen atoms in total. The Morgan fingerprint density at radius 2 is 1.59 bits per heavy atom. The fourth-order valence-corrected chi connectivity index (χ4v) is 5.03. The fourth-order valence-electron chi connectivity index (χ4n) is 5.03. The van der Waals surface area contributed by atoms with Crippen molar-refractivity contribution in [2.24, 2.45) is 5.73 Å². The SMILES string of the molecule is Cc1ccc(O)c2[nH]c3c(C(N)=O)c4nc(C#CCN5CCOCC5)c(C#CCN5CCOCC5)nc4n3c12. The number of morpholine rings is 2. The topological polar surface area (TPSA) is 134 Å². The molecule has 200 valence electrons. The number of ether oxygens (including phenoxy) is 2. The minimum absolute atomic E-state index is 0.0620. The summed E-state index contributed by atoms with van der Waals surface area (Å²) in [6.45, 7) is 9.10. The number of amides is 1. The first-order valence-corrected chi connectivity index (χ1v) is 13.0. The van der Waals surface area contributed by atoms with Crippen LogP contribution in [-0.4, -0.2) is 106 Å². The van der Waals surface area contributed by atoms with Gasteiger partial charge in [-0.1, -0.05) is 17.9 Å². The lowest BCUT2D eigenvalue weighted by Gasteiger charge is -2.24. The maximum Gasteiger partial charge on any atom is 0.254 e. The number of fused-ring (bicyclic) bond motifs is 5. The number of aryl methyl sites for hydroxylation is 1. The fraction of sp³-hybridized carbons (Fsp3) is 0.393. The van der Waals surface area contributed by atoms with Crippen LogP contribution in [0.1, 0.15) is 27.3 Å². The smallest absolute Gasteiger partial charge is 0.254 e. The normalized spacial score (nSPS) is 16.7. The highest BCUT2D eigenvalue weighted by Gasteiger charge is 2.25. The molecule has 4 N–H and O–H groups in total. The van der Waals surface area contributed by atoms with Crippen LogP contribution >= 0.6 is 0 Å². The van der Waals surface area contributed by atoms with Crippen molar-refractivity contribution in [3.8, 4) is 29.4 Å². The number of phenolic OH excluding ortho intramolecular Hbond substituents is 1. The van der Waals surface area contributed by atoms with E-state index >= 15 is 0 Å². The van der Waals surface area contributed by atoms with Crippen LogP contribution in [-0.2, 0) is 9.47 Å². The van der Waals surface area contributed by atoms with Gasteiger partial charge in [-0.3, -0.25) is 19.0 Å². The van der Waals surface area contributed by atoms with Crippen LogP contribution in [0.4, 0.5) is 0 Å². The van der Waals surface area contributed by atoms with Crippen LogP contribution < -0.4 is 5.73 Å². The van der Waals surface area contributed by atoms with E-state index in [4.69, 9.17) is 25.2 Å². The van der Waals surface area contributed by atoms with Gasteiger partial charge >= 0.3 is 0 Å². The number of aromatic hydroxyl groups is 1. The largest absolute Gasteiger partial charge is 0.506 e. The average Bonchev–Trinajstić information content (AvgIpc) is 3.47. The highest BCUT2D eigenvalue weighted by Crippen LogP contribution is 2.34. The number of phenols is 1. The molecular formula is C28H29N7O4. The van der Waals surface area contributed by atoms with Crippen molar-refractivity contribution in [1.29, 1.82) is 0 Å². The number of carbonyl (C=O) groups is 1. The number of H-pyrrole nitrogens is 1. The molecule has 11 heteroatoms. The molecule has 39 heavy (non-hydrogen) atoms. The lowest BCUT2D eigenvalue weighted by Crippen LogP contribution is -2.36. The third kappa shape index (κ3) is 4.78. The number of benzene rings is 1. The molecule has 0 saturated carbocycles. The molecule has 0 aliphatic carbocycles. The number of hydrogen-bond donors (Lipinski definition) is 3. The molecule has 1 aromatic carbocycles. The monoisotopic (exact) mass is 527 g/mol. The van der Waals surface area contributed by atoms with E-state index in [-0.39, 0.29) is 11.3 Å². The number of nitrogens with two attached hydrogens (primary N) is 1. The van der Waals surface area contributed by atoms with Crippen LogP contribution in [0.3, 0.4) is 0 Å². The molecule has 5 heterocycles. The molecule has 4 aromatic rings. The van der Waals surface area contributed by atoms with Crippen molar-refractivity contribution in [2.45, 2.75) is 6.92 Å². The average molecular weight is 528 g/mol. The quantitative estimate of drug-likeness (QED) is 0.334. The van der Waals surface area contributed by atoms with E-state index in [1.54, 1.807) is 10.5 Å². The lowest BCUT2D eigenvalue weighted by molar-refractivity contribution is 0.0443. The van der Waals surface area contributed by atoms with Crippen LogP contribution in [0.2, 0.25) is 0 Å². The first-order chi connectivity index (χ1) is 19.0. The molecular weight excluding hydrogens is 498 g/mol. The predicted molar refractivity (Wildman–Crippen MR) is 146 cm³/mol. The zero-order valence-electron chi connectivity index (χ0n) is 21.7. The van der Waals surface area contributed by atoms with E-state index in [1.807, 2.05) is 13.0 Å². The van der Waals surface area contributed by atoms with E-state index in [9.17, 15) is 9.90 Å². The molecule has 6 rings (SSSR count). The van der Waals surface area contributed by atoms with Crippen molar-refractivity contribution < 1.29 is 19.4 Å². The Hall–Kier alpha value is -4.13. The number of carbonyl (C=O) groups excluding carboxylic acids is 1. The zero-order chi connectivity index (χ0) is 26.9. The van der Waals surface area contributed by atoms with Gasteiger partial charge in [0.25, 0.3) is 5.91 Å². The zero-order valence-corrected chi connectivity index (χ0v) is 21.7. The summed E-state index contributed by atoms with van der Waals surface area (Å²) < 4.78 is 12.6. The summed E-state index contributed by atoms with van der Waals surface area (Å²) in [7, 11) is 0. The first kappa shape index (κ1) is 25.2. The number of aromatic nitrogens is 4. The summed E-state index contributed by atoms with van der Waals surface area (Å²) in [5, 5.41) is 10.5. The number of aromatic amines is 1. The Kier molecular flexibility index (Phi) is 6.81. The maximum atomic E-state index is 12.7. The first-order valence-electron chi connectivity index (χ1n) is 13.0. The molecule has 0 radical (unpaired) electrons. The molecule has 1 amide bonds. The van der Waals surface area contributed by atoms with Crippen LogP contribution in [0.15, 0.2) is 12.1 Å². The summed E-state index contributed by atoms with van der Waals surface area (Å²) in [5.41, 5.74) is 10.1. The summed E-state index contributed by atoms with van der Waals surface area (Å²) in [6.07, 6.45) is 0. The molecule has 0 atom stereocenters. The summed E-state index contributed by atoms with van der Waals surface area (Å²) in [6, 6.07) is 3.42. The number of rotatable bonds is 3. The number of hydrogen-bond acceptors (Lipinski definition) is 8. The Morgan fingerprint density at radius 1 is 1.00 bits per heavy atom. The van der Waals surface area contributed by atoms with Crippen molar-refractivity contribution in [2.75, 3.05) is 65.7 Å². The van der Waals surface area contributed by atoms with E-state index in [1.165, 1.54) is 0 Å². The van der Waals surface area contributed by atoms with Gasteiger partial charge in [-0.2, -0.15) is 0 Å². The van der Waals surface area contributed by atoms with Crippen molar-refractivity contribution in [1.82, 2.24) is 29.2 Å². The van der Waals surface area contributed by atoms with Gasteiger partial charge in [0.1, 0.15) is 39.4 Å². The standard InChI is InChI=1S/C28H29N7O4/c1-18-6-7-21(36)23-25(18)35-27(32-23)22(26(29)37)24-28(35)31-20(5-3-9-34-12-16-39-17-13-34)19(30-24)4-2-8-33-10-14-38-15-11-33/h6-7,32,36H,8-17H2,1H3,(H2,29,37). The van der Waals surface area contributed by atoms with Gasteiger partial charge in [0.15, 0.2) is 5.65 Å². The summed E-state index contributed by atoms with van der Waals surface area (Å²) >= 11 is 0. The highest BCUT2D eigenvalue weighted by molar-refractivity contribution is 6.13. The van der Waals surface area contributed by atoms with E-state index in [0.717, 1.165) is 31.7 Å². The van der Waals surface area contributed by atoms with E-state index < -0.39 is 5.91 Å². The minimum Gasteiger partial charge on any atom is -0.506 e. The summed E-state index contributed by atoms with van der Waals surface area (Å²) in [5.74, 6) is 12.2. The lowest BCUT2D eigenvalue weighted by atomic mass is 10.2. The minimum atomic E-state index is -0.654. The second-order valence-corrected chi connectivity index (χ2v) is 9.65. The Bertz CT molecular complexity index is 1700. The van der Waals surface area contributed by atoms with E-state index in [2.05, 4.69) is 38.5 Å². The molecule has 3 aromatic heterocycles. The molecule has 0 spiro atoms. The number of nitrogens with one attached hydrogen (secondary N) is 1. The van der Waals surface area contributed by atoms with Gasteiger partial charge in [0.2, 0.25) is 0 Å². The Morgan fingerprint density at radius 3 is 2.18 bits per heavy atom. The van der Waals surface area contributed by atoms with Gasteiger partial charge in [-0.15, -0.1) is 0 Å². The highest BCUT2D eigenvalue weighted by atomic mass is 16.5. The number of imidazole rings is 1. The molecule has 2 saturated heterocycles. The van der Waals surface area contributed by atoms with Gasteiger partial charge < -0.3 is 25.3 Å². The molecule has 0 unspecified atom stereocenters. The molecule has 2 aliphatic heterocycles. The summed E-state index contributed by atoms with van der Waals surface area (Å²) in [4.78, 5) is 29.9. The molecule has 0 bridgehead atoms.